The molecular formula is C20H17Cl2O3Y-. The van der Waals surface area contributed by atoms with E-state index in [9.17, 15) is 9.59 Å². The van der Waals surface area contributed by atoms with Crippen molar-refractivity contribution in [1.82, 2.24) is 0 Å². The molecule has 3 nitrogen and oxygen atoms in total. The van der Waals surface area contributed by atoms with Crippen molar-refractivity contribution in [1.29, 1.82) is 0 Å². The van der Waals surface area contributed by atoms with Crippen molar-refractivity contribution in [2.24, 2.45) is 5.92 Å². The molecule has 0 N–H and O–H groups in total. The summed E-state index contributed by atoms with van der Waals surface area (Å²) in [4.78, 5) is 24.6. The number of Topliss-reactive ketones (excluding diaryl/α,β-unsaturated/α-hetero) is 1. The van der Waals surface area contributed by atoms with Crippen LogP contribution in [0.1, 0.15) is 28.8 Å². The molecule has 0 saturated carbocycles. The molecule has 0 saturated heterocycles. The average Bonchev–Trinajstić information content (AvgIpc) is 2.61. The molecule has 1 atom stereocenters. The summed E-state index contributed by atoms with van der Waals surface area (Å²) in [6, 6.07) is 15.2. The number of ketones is 1. The largest absolute Gasteiger partial charge is 0.469 e. The maximum Gasteiger partial charge on any atom is 0.309 e. The van der Waals surface area contributed by atoms with Gasteiger partial charge in [-0.2, -0.15) is 30.3 Å². The maximum atomic E-state index is 12.5. The SMILES string of the molecule is COC(=O)C(C/C=C/c1cc[c-]cc1)CC(=O)c1c(Cl)cccc1Cl.[Y]. The van der Waals surface area contributed by atoms with Crippen molar-refractivity contribution >= 4 is 41.0 Å². The van der Waals surface area contributed by atoms with E-state index in [2.05, 4.69) is 6.07 Å². The van der Waals surface area contributed by atoms with E-state index in [1.54, 1.807) is 30.3 Å². The second-order valence-corrected chi connectivity index (χ2v) is 6.23. The number of ether oxygens (including phenoxy) is 1. The van der Waals surface area contributed by atoms with Crippen LogP contribution >= 0.6 is 23.2 Å². The molecule has 0 amide bonds. The van der Waals surface area contributed by atoms with Crippen molar-refractivity contribution in [2.75, 3.05) is 7.11 Å². The average molecular weight is 465 g/mol. The summed E-state index contributed by atoms with van der Waals surface area (Å²) < 4.78 is 4.82. The van der Waals surface area contributed by atoms with E-state index in [0.717, 1.165) is 5.56 Å². The molecule has 0 aliphatic rings. The Morgan fingerprint density at radius 1 is 1.15 bits per heavy atom. The van der Waals surface area contributed by atoms with E-state index < -0.39 is 11.9 Å². The summed E-state index contributed by atoms with van der Waals surface area (Å²) in [7, 11) is 1.30. The summed E-state index contributed by atoms with van der Waals surface area (Å²) in [6.45, 7) is 0. The molecule has 26 heavy (non-hydrogen) atoms. The Kier molecular flexibility index (Phi) is 10.3. The Morgan fingerprint density at radius 2 is 1.77 bits per heavy atom. The summed E-state index contributed by atoms with van der Waals surface area (Å²) in [5, 5.41) is 0.550. The summed E-state index contributed by atoms with van der Waals surface area (Å²) in [6.07, 6.45) is 4.08. The normalized spacial score (nSPS) is 11.7. The van der Waals surface area contributed by atoms with E-state index in [-0.39, 0.29) is 60.5 Å². The first kappa shape index (κ1) is 23.0. The predicted molar refractivity (Wildman–Crippen MR) is 99.8 cm³/mol. The van der Waals surface area contributed by atoms with E-state index in [1.807, 2.05) is 24.3 Å². The topological polar surface area (TPSA) is 43.4 Å². The Hall–Kier alpha value is -0.996. The predicted octanol–water partition coefficient (Wildman–Crippen LogP) is 5.26. The minimum atomic E-state index is -0.601. The summed E-state index contributed by atoms with van der Waals surface area (Å²) in [5.74, 6) is -1.33. The minimum absolute atomic E-state index is 0. The van der Waals surface area contributed by atoms with Crippen molar-refractivity contribution < 1.29 is 47.0 Å². The fourth-order valence-electron chi connectivity index (χ4n) is 2.40. The van der Waals surface area contributed by atoms with Crippen LogP contribution in [0.2, 0.25) is 10.0 Å². The maximum absolute atomic E-state index is 12.5. The molecule has 2 rings (SSSR count). The van der Waals surface area contributed by atoms with Gasteiger partial charge in [0.1, 0.15) is 0 Å². The molecule has 0 fully saturated rings. The van der Waals surface area contributed by atoms with Gasteiger partial charge in [0.05, 0.1) is 28.6 Å². The van der Waals surface area contributed by atoms with Gasteiger partial charge in [-0.3, -0.25) is 9.59 Å². The molecule has 2 aromatic rings. The number of carbonyl (C=O) groups is 2. The van der Waals surface area contributed by atoms with Crippen LogP contribution in [0.25, 0.3) is 6.08 Å². The van der Waals surface area contributed by atoms with Crippen LogP contribution in [0.15, 0.2) is 48.5 Å². The van der Waals surface area contributed by atoms with Gasteiger partial charge in [0.2, 0.25) is 0 Å². The number of methoxy groups -OCH3 is 1. The van der Waals surface area contributed by atoms with Gasteiger partial charge in [0.25, 0.3) is 0 Å². The molecule has 0 spiro atoms. The van der Waals surface area contributed by atoms with Crippen molar-refractivity contribution in [2.45, 2.75) is 12.8 Å². The van der Waals surface area contributed by atoms with Crippen LogP contribution in [-0.4, -0.2) is 18.9 Å². The molecular weight excluding hydrogens is 448 g/mol. The van der Waals surface area contributed by atoms with Gasteiger partial charge >= 0.3 is 5.97 Å². The van der Waals surface area contributed by atoms with E-state index in [0.29, 0.717) is 6.42 Å². The Balaban J connectivity index is 0.00000338. The Labute approximate surface area is 188 Å². The van der Waals surface area contributed by atoms with Crippen LogP contribution in [-0.2, 0) is 42.2 Å². The van der Waals surface area contributed by atoms with E-state index in [1.165, 1.54) is 7.11 Å². The Bertz CT molecular complexity index is 756. The third-order valence-electron chi connectivity index (χ3n) is 3.68. The minimum Gasteiger partial charge on any atom is -0.469 e. The molecule has 0 bridgehead atoms. The molecule has 6 heteroatoms. The van der Waals surface area contributed by atoms with Gasteiger partial charge in [0, 0.05) is 39.1 Å². The Morgan fingerprint density at radius 3 is 2.35 bits per heavy atom. The molecule has 2 aromatic carbocycles. The van der Waals surface area contributed by atoms with Crippen molar-refractivity contribution in [3.63, 3.8) is 0 Å². The zero-order chi connectivity index (χ0) is 18.2. The first-order valence-electron chi connectivity index (χ1n) is 7.70. The van der Waals surface area contributed by atoms with Gasteiger partial charge in [-0.25, -0.2) is 0 Å². The second kappa shape index (κ2) is 11.7. The molecule has 1 unspecified atom stereocenters. The molecule has 0 aliphatic carbocycles. The first-order valence-corrected chi connectivity index (χ1v) is 8.46. The van der Waals surface area contributed by atoms with Crippen molar-refractivity contribution in [3.8, 4) is 0 Å². The summed E-state index contributed by atoms with van der Waals surface area (Å²) in [5.41, 5.74) is 1.23. The number of allylic oxidation sites excluding steroid dienone is 1. The fraction of sp³-hybridized carbons (Fsp3) is 0.200. The van der Waals surface area contributed by atoms with Gasteiger partial charge < -0.3 is 4.74 Å². The number of hydrogen-bond donors (Lipinski definition) is 0. The monoisotopic (exact) mass is 464 g/mol. The number of carbonyl (C=O) groups excluding carboxylic acids is 2. The zero-order valence-electron chi connectivity index (χ0n) is 14.2. The number of rotatable bonds is 7. The fourth-order valence-corrected chi connectivity index (χ4v) is 3.01. The number of hydrogen-bond acceptors (Lipinski definition) is 3. The standard InChI is InChI=1S/C20H17Cl2O3.Y/c1-25-20(24)15(10-5-9-14-7-3-2-4-8-14)13-18(23)19-16(21)11-6-12-17(19)22;/h3-9,11-12,15H,10,13H2,1H3;/q-1;/b9-5+;. The van der Waals surface area contributed by atoms with E-state index in [4.69, 9.17) is 27.9 Å². The molecule has 0 aromatic heterocycles. The zero-order valence-corrected chi connectivity index (χ0v) is 18.6. The molecule has 0 heterocycles. The quantitative estimate of drug-likeness (QED) is 0.319. The number of halogens is 2. The smallest absolute Gasteiger partial charge is 0.309 e. The van der Waals surface area contributed by atoms with Crippen LogP contribution in [0, 0.1) is 12.0 Å². The van der Waals surface area contributed by atoms with Crippen LogP contribution < -0.4 is 0 Å². The van der Waals surface area contributed by atoms with Gasteiger partial charge in [0.15, 0.2) is 5.78 Å². The van der Waals surface area contributed by atoms with Crippen molar-refractivity contribution in [3.05, 3.63) is 75.8 Å². The summed E-state index contributed by atoms with van der Waals surface area (Å²) >= 11 is 12.1. The second-order valence-electron chi connectivity index (χ2n) is 5.42. The molecule has 133 valence electrons. The third-order valence-corrected chi connectivity index (χ3v) is 4.31. The van der Waals surface area contributed by atoms with Gasteiger partial charge in [-0.15, -0.1) is 5.56 Å². The number of benzene rings is 2. The van der Waals surface area contributed by atoms with Gasteiger partial charge in [-0.1, -0.05) is 41.4 Å². The first-order chi connectivity index (χ1) is 12.0. The van der Waals surface area contributed by atoms with Crippen LogP contribution in [0.4, 0.5) is 0 Å². The third kappa shape index (κ3) is 6.62. The molecule has 0 aliphatic heterocycles. The van der Waals surface area contributed by atoms with Crippen LogP contribution in [0.3, 0.4) is 0 Å². The van der Waals surface area contributed by atoms with E-state index >= 15 is 0 Å². The van der Waals surface area contributed by atoms with Crippen LogP contribution in [0.5, 0.6) is 0 Å². The number of esters is 1. The van der Waals surface area contributed by atoms with Gasteiger partial charge in [-0.05, 0) is 18.6 Å². The molecule has 1 radical (unpaired) electrons.